The maximum Gasteiger partial charge on any atom is 0.243 e. The average Bonchev–Trinajstić information content (AvgIpc) is 2.72. The summed E-state index contributed by atoms with van der Waals surface area (Å²) in [7, 11) is 0. The fourth-order valence-electron chi connectivity index (χ4n) is 1.84. The number of halogens is 4. The van der Waals surface area contributed by atoms with Crippen LogP contribution in [-0.2, 0) is 6.54 Å². The summed E-state index contributed by atoms with van der Waals surface area (Å²) >= 11 is 8.87. The average molecular weight is 375 g/mol. The van der Waals surface area contributed by atoms with Gasteiger partial charge < -0.3 is 5.32 Å². The van der Waals surface area contributed by atoms with Crippen LogP contribution in [0.5, 0.6) is 0 Å². The molecule has 0 aliphatic carbocycles. The predicted octanol–water partition coefficient (Wildman–Crippen LogP) is 3.43. The molecule has 21 heavy (non-hydrogen) atoms. The number of rotatable bonds is 3. The van der Waals surface area contributed by atoms with Gasteiger partial charge in [0.05, 0.1) is 10.7 Å². The van der Waals surface area contributed by atoms with Crippen LogP contribution in [0.4, 0.5) is 14.6 Å². The van der Waals surface area contributed by atoms with Crippen molar-refractivity contribution in [1.29, 1.82) is 0 Å². The number of hydrogen-bond acceptors (Lipinski definition) is 4. The van der Waals surface area contributed by atoms with Gasteiger partial charge in [-0.3, -0.25) is 4.98 Å². The zero-order valence-corrected chi connectivity index (χ0v) is 12.7. The van der Waals surface area contributed by atoms with Crippen molar-refractivity contribution < 1.29 is 8.78 Å². The van der Waals surface area contributed by atoms with Gasteiger partial charge in [0.15, 0.2) is 11.6 Å². The van der Waals surface area contributed by atoms with Crippen molar-refractivity contribution in [3.8, 4) is 0 Å². The van der Waals surface area contributed by atoms with E-state index in [0.717, 1.165) is 6.20 Å². The Bertz CT molecular complexity index is 823. The van der Waals surface area contributed by atoms with Gasteiger partial charge >= 0.3 is 0 Å². The maximum absolute atomic E-state index is 14.0. The summed E-state index contributed by atoms with van der Waals surface area (Å²) in [5, 5.41) is 6.67. The van der Waals surface area contributed by atoms with E-state index in [0.29, 0.717) is 5.56 Å². The van der Waals surface area contributed by atoms with E-state index in [4.69, 9.17) is 11.6 Å². The first-order valence-corrected chi connectivity index (χ1v) is 6.95. The van der Waals surface area contributed by atoms with Crippen LogP contribution in [0.25, 0.3) is 5.52 Å². The lowest BCUT2D eigenvalue weighted by Gasteiger charge is -2.08. The monoisotopic (exact) mass is 373 g/mol. The molecule has 0 bridgehead atoms. The van der Waals surface area contributed by atoms with Gasteiger partial charge in [-0.2, -0.15) is 4.98 Å². The number of anilines is 1. The smallest absolute Gasteiger partial charge is 0.243 e. The van der Waals surface area contributed by atoms with E-state index in [1.165, 1.54) is 23.0 Å². The lowest BCUT2D eigenvalue weighted by atomic mass is 10.2. The van der Waals surface area contributed by atoms with E-state index in [9.17, 15) is 8.78 Å². The minimum atomic E-state index is -0.524. The second-order valence-electron chi connectivity index (χ2n) is 4.13. The second-order valence-corrected chi connectivity index (χ2v) is 5.33. The molecular weight excluding hydrogens is 368 g/mol. The quantitative estimate of drug-likeness (QED) is 0.763. The number of aromatic nitrogens is 4. The first-order valence-electron chi connectivity index (χ1n) is 5.78. The molecule has 1 N–H and O–H groups in total. The molecule has 0 fully saturated rings. The largest absolute Gasteiger partial charge is 0.364 e. The van der Waals surface area contributed by atoms with E-state index in [1.54, 1.807) is 0 Å². The molecule has 0 aliphatic rings. The first-order chi connectivity index (χ1) is 10.1. The Balaban J connectivity index is 1.99. The molecule has 0 saturated heterocycles. The van der Waals surface area contributed by atoms with Crippen molar-refractivity contribution in [3.63, 3.8) is 0 Å². The van der Waals surface area contributed by atoms with Crippen LogP contribution in [0.1, 0.15) is 5.56 Å². The lowest BCUT2D eigenvalue weighted by molar-refractivity contribution is 0.606. The van der Waals surface area contributed by atoms with E-state index < -0.39 is 11.6 Å². The van der Waals surface area contributed by atoms with Crippen LogP contribution in [0.3, 0.4) is 0 Å². The van der Waals surface area contributed by atoms with Gasteiger partial charge in [-0.05, 0) is 33.6 Å². The lowest BCUT2D eigenvalue weighted by Crippen LogP contribution is -2.07. The van der Waals surface area contributed by atoms with Gasteiger partial charge in [-0.15, -0.1) is 5.10 Å². The van der Waals surface area contributed by atoms with Gasteiger partial charge in [0.25, 0.3) is 0 Å². The molecule has 3 aromatic heterocycles. The molecule has 0 aromatic carbocycles. The van der Waals surface area contributed by atoms with Crippen LogP contribution in [0.2, 0.25) is 5.28 Å². The molecule has 0 amide bonds. The third kappa shape index (κ3) is 2.68. The van der Waals surface area contributed by atoms with E-state index >= 15 is 0 Å². The van der Waals surface area contributed by atoms with Crippen molar-refractivity contribution in [2.75, 3.05) is 5.32 Å². The molecule has 0 spiro atoms. The molecule has 0 unspecified atom stereocenters. The van der Waals surface area contributed by atoms with Crippen molar-refractivity contribution in [2.45, 2.75) is 6.54 Å². The molecule has 0 radical (unpaired) electrons. The van der Waals surface area contributed by atoms with Gasteiger partial charge in [0.1, 0.15) is 11.3 Å². The first kappa shape index (κ1) is 14.2. The summed E-state index contributed by atoms with van der Waals surface area (Å²) in [4.78, 5) is 7.61. The summed E-state index contributed by atoms with van der Waals surface area (Å²) in [6, 6.07) is 1.52. The SMILES string of the molecule is Fc1cnccc1CNc1nc(Cl)nn2cc(Br)c(F)c12. The zero-order valence-electron chi connectivity index (χ0n) is 10.3. The standard InChI is InChI=1S/C12H7BrClF2N5/c13-7-5-21-10(9(7)16)11(19-12(14)20-21)18-3-6-1-2-17-4-8(6)15/h1-2,4-5H,3H2,(H,18,19,20). The minimum Gasteiger partial charge on any atom is -0.364 e. The number of hydrogen-bond donors (Lipinski definition) is 1. The summed E-state index contributed by atoms with van der Waals surface area (Å²) in [6.45, 7) is 0.111. The molecule has 9 heteroatoms. The highest BCUT2D eigenvalue weighted by Gasteiger charge is 2.16. The number of pyridine rings is 1. The van der Waals surface area contributed by atoms with E-state index in [-0.39, 0.29) is 27.6 Å². The van der Waals surface area contributed by atoms with Crippen LogP contribution in [0.15, 0.2) is 29.1 Å². The maximum atomic E-state index is 14.0. The topological polar surface area (TPSA) is 55.1 Å². The Morgan fingerprint density at radius 3 is 2.95 bits per heavy atom. The minimum absolute atomic E-state index is 0.0531. The van der Waals surface area contributed by atoms with E-state index in [1.807, 2.05) is 0 Å². The molecule has 108 valence electrons. The van der Waals surface area contributed by atoms with E-state index in [2.05, 4.69) is 36.3 Å². The Morgan fingerprint density at radius 2 is 2.19 bits per heavy atom. The Labute approximate surface area is 131 Å². The van der Waals surface area contributed by atoms with Crippen LogP contribution in [0, 0.1) is 11.6 Å². The predicted molar refractivity (Wildman–Crippen MR) is 77.2 cm³/mol. The number of nitrogens with zero attached hydrogens (tertiary/aromatic N) is 4. The van der Waals surface area contributed by atoms with Crippen LogP contribution < -0.4 is 5.32 Å². The van der Waals surface area contributed by atoms with Crippen molar-refractivity contribution in [1.82, 2.24) is 19.6 Å². The number of nitrogens with one attached hydrogen (secondary N) is 1. The van der Waals surface area contributed by atoms with Gasteiger partial charge in [-0.1, -0.05) is 0 Å². The highest BCUT2D eigenvalue weighted by Crippen LogP contribution is 2.27. The van der Waals surface area contributed by atoms with Crippen LogP contribution in [-0.4, -0.2) is 19.6 Å². The Morgan fingerprint density at radius 1 is 1.38 bits per heavy atom. The summed E-state index contributed by atoms with van der Waals surface area (Å²) in [5.41, 5.74) is 0.504. The summed E-state index contributed by atoms with van der Waals surface area (Å²) in [6.07, 6.45) is 4.00. The molecule has 3 heterocycles. The van der Waals surface area contributed by atoms with Crippen LogP contribution >= 0.6 is 27.5 Å². The fourth-order valence-corrected chi connectivity index (χ4v) is 2.39. The molecule has 3 aromatic rings. The van der Waals surface area contributed by atoms with Crippen molar-refractivity contribution in [2.24, 2.45) is 0 Å². The molecule has 0 saturated carbocycles. The highest BCUT2D eigenvalue weighted by atomic mass is 79.9. The second kappa shape index (κ2) is 5.53. The third-order valence-corrected chi connectivity index (χ3v) is 3.52. The zero-order chi connectivity index (χ0) is 15.0. The summed E-state index contributed by atoms with van der Waals surface area (Å²) < 4.78 is 29.1. The van der Waals surface area contributed by atoms with Gasteiger partial charge in [-0.25, -0.2) is 13.3 Å². The molecular formula is C12H7BrClF2N5. The molecule has 5 nitrogen and oxygen atoms in total. The molecule has 0 atom stereocenters. The van der Waals surface area contributed by atoms with Gasteiger partial charge in [0, 0.05) is 24.5 Å². The molecule has 0 aliphatic heterocycles. The van der Waals surface area contributed by atoms with Crippen molar-refractivity contribution in [3.05, 3.63) is 51.6 Å². The molecule has 3 rings (SSSR count). The highest BCUT2D eigenvalue weighted by molar-refractivity contribution is 9.10. The van der Waals surface area contributed by atoms with Crippen molar-refractivity contribution >= 4 is 38.9 Å². The number of fused-ring (bicyclic) bond motifs is 1. The normalized spacial score (nSPS) is 11.0. The Hall–Kier alpha value is -1.80. The third-order valence-electron chi connectivity index (χ3n) is 2.80. The Kier molecular flexibility index (Phi) is 3.73. The summed E-state index contributed by atoms with van der Waals surface area (Å²) in [5.74, 6) is -0.808. The van der Waals surface area contributed by atoms with Gasteiger partial charge in [0.2, 0.25) is 5.28 Å². The fraction of sp³-hybridized carbons (Fsp3) is 0.0833.